The van der Waals surface area contributed by atoms with Crippen LogP contribution in [0.1, 0.15) is 16.1 Å². The van der Waals surface area contributed by atoms with Crippen LogP contribution < -0.4 is 4.74 Å². The SMILES string of the molecule is O=C(O)c1ncccc1OCc1cccc(Cl)c1F. The first-order valence-corrected chi connectivity index (χ1v) is 5.71. The van der Waals surface area contributed by atoms with Gasteiger partial charge in [0, 0.05) is 11.8 Å². The lowest BCUT2D eigenvalue weighted by Gasteiger charge is -2.09. The van der Waals surface area contributed by atoms with E-state index in [0.717, 1.165) is 0 Å². The lowest BCUT2D eigenvalue weighted by Crippen LogP contribution is -2.06. The summed E-state index contributed by atoms with van der Waals surface area (Å²) in [5.74, 6) is -1.71. The van der Waals surface area contributed by atoms with Crippen LogP contribution >= 0.6 is 11.6 Å². The lowest BCUT2D eigenvalue weighted by molar-refractivity contribution is 0.0685. The summed E-state index contributed by atoms with van der Waals surface area (Å²) in [7, 11) is 0. The number of benzene rings is 1. The van der Waals surface area contributed by atoms with Gasteiger partial charge in [0.05, 0.1) is 5.02 Å². The van der Waals surface area contributed by atoms with Gasteiger partial charge in [-0.1, -0.05) is 23.7 Å². The van der Waals surface area contributed by atoms with E-state index in [9.17, 15) is 9.18 Å². The van der Waals surface area contributed by atoms with Crippen LogP contribution in [0.4, 0.5) is 4.39 Å². The minimum absolute atomic E-state index is 0.00857. The predicted molar refractivity (Wildman–Crippen MR) is 66.9 cm³/mol. The summed E-state index contributed by atoms with van der Waals surface area (Å²) in [5, 5.41) is 8.92. The lowest BCUT2D eigenvalue weighted by atomic mass is 10.2. The summed E-state index contributed by atoms with van der Waals surface area (Å²) in [4.78, 5) is 14.6. The van der Waals surface area contributed by atoms with Gasteiger partial charge in [0.1, 0.15) is 12.4 Å². The van der Waals surface area contributed by atoms with Gasteiger partial charge >= 0.3 is 5.97 Å². The standard InChI is InChI=1S/C13H9ClFNO3/c14-9-4-1-3-8(11(9)15)7-19-10-5-2-6-16-12(10)13(17)18/h1-6H,7H2,(H,17,18). The molecule has 0 amide bonds. The molecule has 4 nitrogen and oxygen atoms in total. The second-order valence-corrected chi connectivity index (χ2v) is 4.06. The van der Waals surface area contributed by atoms with E-state index in [0.29, 0.717) is 0 Å². The number of pyridine rings is 1. The second kappa shape index (κ2) is 5.67. The Morgan fingerprint density at radius 1 is 1.37 bits per heavy atom. The maximum absolute atomic E-state index is 13.6. The van der Waals surface area contributed by atoms with Crippen molar-refractivity contribution in [3.63, 3.8) is 0 Å². The van der Waals surface area contributed by atoms with Gasteiger partial charge in [0.2, 0.25) is 0 Å². The molecule has 0 fully saturated rings. The number of nitrogens with zero attached hydrogens (tertiary/aromatic N) is 1. The Labute approximate surface area is 113 Å². The molecule has 0 aliphatic rings. The van der Waals surface area contributed by atoms with Crippen molar-refractivity contribution in [1.29, 1.82) is 0 Å². The van der Waals surface area contributed by atoms with Crippen molar-refractivity contribution in [1.82, 2.24) is 4.98 Å². The van der Waals surface area contributed by atoms with E-state index < -0.39 is 11.8 Å². The number of hydrogen-bond acceptors (Lipinski definition) is 3. The molecule has 98 valence electrons. The van der Waals surface area contributed by atoms with Gasteiger partial charge < -0.3 is 9.84 Å². The van der Waals surface area contributed by atoms with Crippen LogP contribution in [0.5, 0.6) is 5.75 Å². The molecule has 1 aromatic carbocycles. The van der Waals surface area contributed by atoms with E-state index in [4.69, 9.17) is 21.4 Å². The highest BCUT2D eigenvalue weighted by molar-refractivity contribution is 6.30. The molecule has 19 heavy (non-hydrogen) atoms. The van der Waals surface area contributed by atoms with Gasteiger partial charge in [-0.25, -0.2) is 14.2 Å². The molecular formula is C13H9ClFNO3. The minimum Gasteiger partial charge on any atom is -0.486 e. The summed E-state index contributed by atoms with van der Waals surface area (Å²) < 4.78 is 18.9. The third-order valence-electron chi connectivity index (χ3n) is 2.39. The zero-order valence-corrected chi connectivity index (χ0v) is 10.4. The van der Waals surface area contributed by atoms with E-state index in [2.05, 4.69) is 4.98 Å². The number of carboxylic acid groups (broad SMARTS) is 1. The van der Waals surface area contributed by atoms with Crippen LogP contribution in [0.25, 0.3) is 0 Å². The van der Waals surface area contributed by atoms with Gasteiger partial charge in [-0.3, -0.25) is 0 Å². The Kier molecular flexibility index (Phi) is 3.97. The topological polar surface area (TPSA) is 59.4 Å². The van der Waals surface area contributed by atoms with E-state index >= 15 is 0 Å². The highest BCUT2D eigenvalue weighted by Gasteiger charge is 2.13. The van der Waals surface area contributed by atoms with Gasteiger partial charge in [-0.2, -0.15) is 0 Å². The molecule has 0 aliphatic carbocycles. The second-order valence-electron chi connectivity index (χ2n) is 3.66. The largest absolute Gasteiger partial charge is 0.486 e. The summed E-state index contributed by atoms with van der Waals surface area (Å²) in [6.07, 6.45) is 1.34. The van der Waals surface area contributed by atoms with Crippen LogP contribution in [0.2, 0.25) is 5.02 Å². The average molecular weight is 282 g/mol. The molecule has 0 saturated heterocycles. The Bertz CT molecular complexity index is 619. The first kappa shape index (κ1) is 13.3. The molecule has 0 bridgehead atoms. The molecule has 2 rings (SSSR count). The molecule has 0 unspecified atom stereocenters. The Morgan fingerprint density at radius 3 is 2.89 bits per heavy atom. The molecule has 0 radical (unpaired) electrons. The number of aromatic carboxylic acids is 1. The van der Waals surface area contributed by atoms with Crippen LogP contribution in [0, 0.1) is 5.82 Å². The summed E-state index contributed by atoms with van der Waals surface area (Å²) >= 11 is 5.64. The van der Waals surface area contributed by atoms with Gasteiger partial charge in [0.25, 0.3) is 0 Å². The van der Waals surface area contributed by atoms with Gasteiger partial charge in [-0.05, 0) is 18.2 Å². The van der Waals surface area contributed by atoms with Crippen molar-refractivity contribution in [3.05, 3.63) is 58.6 Å². The first-order valence-electron chi connectivity index (χ1n) is 5.33. The van der Waals surface area contributed by atoms with Crippen LogP contribution in [-0.2, 0) is 6.61 Å². The van der Waals surface area contributed by atoms with Crippen molar-refractivity contribution < 1.29 is 19.0 Å². The number of carbonyl (C=O) groups is 1. The van der Waals surface area contributed by atoms with Crippen molar-refractivity contribution in [2.75, 3.05) is 0 Å². The zero-order chi connectivity index (χ0) is 13.8. The average Bonchev–Trinajstić information content (AvgIpc) is 2.40. The maximum atomic E-state index is 13.6. The summed E-state index contributed by atoms with van der Waals surface area (Å²) in [5.41, 5.74) is 0.0256. The number of aromatic nitrogens is 1. The van der Waals surface area contributed by atoms with Crippen molar-refractivity contribution in [3.8, 4) is 5.75 Å². The molecular weight excluding hydrogens is 273 g/mol. The fourth-order valence-electron chi connectivity index (χ4n) is 1.48. The fourth-order valence-corrected chi connectivity index (χ4v) is 1.68. The van der Waals surface area contributed by atoms with Crippen molar-refractivity contribution >= 4 is 17.6 Å². The Balaban J connectivity index is 2.19. The molecule has 2 aromatic rings. The van der Waals surface area contributed by atoms with E-state index in [1.165, 1.54) is 30.5 Å². The smallest absolute Gasteiger partial charge is 0.358 e. The molecule has 0 saturated carbocycles. The first-order chi connectivity index (χ1) is 9.09. The van der Waals surface area contributed by atoms with Crippen LogP contribution in [-0.4, -0.2) is 16.1 Å². The third-order valence-corrected chi connectivity index (χ3v) is 2.68. The van der Waals surface area contributed by atoms with Gasteiger partial charge in [-0.15, -0.1) is 0 Å². The normalized spacial score (nSPS) is 10.2. The Hall–Kier alpha value is -2.14. The Morgan fingerprint density at radius 2 is 2.16 bits per heavy atom. The number of rotatable bonds is 4. The predicted octanol–water partition coefficient (Wildman–Crippen LogP) is 3.15. The summed E-state index contributed by atoms with van der Waals surface area (Å²) in [6.45, 7) is -0.127. The van der Waals surface area contributed by atoms with Crippen molar-refractivity contribution in [2.45, 2.75) is 6.61 Å². The van der Waals surface area contributed by atoms with E-state index in [1.807, 2.05) is 0 Å². The van der Waals surface area contributed by atoms with Gasteiger partial charge in [0.15, 0.2) is 11.4 Å². The number of halogens is 2. The fraction of sp³-hybridized carbons (Fsp3) is 0.0769. The van der Waals surface area contributed by atoms with E-state index in [-0.39, 0.29) is 28.6 Å². The molecule has 0 spiro atoms. The quantitative estimate of drug-likeness (QED) is 0.935. The molecule has 1 heterocycles. The third kappa shape index (κ3) is 3.00. The van der Waals surface area contributed by atoms with E-state index in [1.54, 1.807) is 6.07 Å². The van der Waals surface area contributed by atoms with Crippen LogP contribution in [0.3, 0.4) is 0 Å². The monoisotopic (exact) mass is 281 g/mol. The molecule has 0 atom stereocenters. The molecule has 1 aromatic heterocycles. The number of carboxylic acids is 1. The molecule has 0 aliphatic heterocycles. The molecule has 1 N–H and O–H groups in total. The highest BCUT2D eigenvalue weighted by atomic mass is 35.5. The summed E-state index contributed by atoms with van der Waals surface area (Å²) in [6, 6.07) is 7.52. The van der Waals surface area contributed by atoms with Crippen molar-refractivity contribution in [2.24, 2.45) is 0 Å². The number of hydrogen-bond donors (Lipinski definition) is 1. The highest BCUT2D eigenvalue weighted by Crippen LogP contribution is 2.21. The number of ether oxygens (including phenoxy) is 1. The maximum Gasteiger partial charge on any atom is 0.358 e. The van der Waals surface area contributed by atoms with Crippen LogP contribution in [0.15, 0.2) is 36.5 Å². The zero-order valence-electron chi connectivity index (χ0n) is 9.64. The minimum atomic E-state index is -1.21. The molecule has 6 heteroatoms.